The third-order valence-electron chi connectivity index (χ3n) is 2.51. The summed E-state index contributed by atoms with van der Waals surface area (Å²) in [5.41, 5.74) is 0.166. The van der Waals surface area contributed by atoms with E-state index in [0.29, 0.717) is 13.1 Å². The third-order valence-corrected chi connectivity index (χ3v) is 2.51. The predicted molar refractivity (Wildman–Crippen MR) is 67.6 cm³/mol. The van der Waals surface area contributed by atoms with Gasteiger partial charge >= 0.3 is 0 Å². The molecule has 0 saturated heterocycles. The van der Waals surface area contributed by atoms with Crippen LogP contribution in [0.1, 0.15) is 27.2 Å². The van der Waals surface area contributed by atoms with Gasteiger partial charge in [0.1, 0.15) is 0 Å². The van der Waals surface area contributed by atoms with E-state index in [1.54, 1.807) is 0 Å². The van der Waals surface area contributed by atoms with Crippen molar-refractivity contribution in [2.75, 3.05) is 45.9 Å². The van der Waals surface area contributed by atoms with Gasteiger partial charge in [0.25, 0.3) is 0 Å². The number of aliphatic hydroxyl groups excluding tert-OH is 2. The van der Waals surface area contributed by atoms with Gasteiger partial charge in [0.2, 0.25) is 0 Å². The Bertz CT molecular complexity index is 157. The molecule has 0 aliphatic rings. The molecule has 0 aromatic carbocycles. The van der Waals surface area contributed by atoms with E-state index in [2.05, 4.69) is 31.0 Å². The normalized spacial score (nSPS) is 12.4. The quantitative estimate of drug-likeness (QED) is 0.474. The van der Waals surface area contributed by atoms with Crippen LogP contribution >= 0.6 is 0 Å². The van der Waals surface area contributed by atoms with Gasteiger partial charge in [0.15, 0.2) is 0 Å². The standard InChI is InChI=1S/C12H28N2O2/c1-4-5-13-10-12(2,3)11-14(6-8-15)7-9-16/h13,15-16H,4-11H2,1-3H3. The highest BCUT2D eigenvalue weighted by Gasteiger charge is 2.20. The molecule has 0 aliphatic heterocycles. The second-order valence-corrected chi connectivity index (χ2v) is 5.06. The fourth-order valence-electron chi connectivity index (χ4n) is 1.82. The highest BCUT2D eigenvalue weighted by molar-refractivity contribution is 4.76. The lowest BCUT2D eigenvalue weighted by Gasteiger charge is -2.32. The summed E-state index contributed by atoms with van der Waals surface area (Å²) in [6.45, 7) is 11.0. The van der Waals surface area contributed by atoms with Gasteiger partial charge in [-0.3, -0.25) is 4.90 Å². The van der Waals surface area contributed by atoms with Crippen LogP contribution in [-0.4, -0.2) is 61.1 Å². The van der Waals surface area contributed by atoms with E-state index in [-0.39, 0.29) is 18.6 Å². The van der Waals surface area contributed by atoms with Gasteiger partial charge in [-0.15, -0.1) is 0 Å². The van der Waals surface area contributed by atoms with Crippen molar-refractivity contribution < 1.29 is 10.2 Å². The van der Waals surface area contributed by atoms with Crippen LogP contribution in [-0.2, 0) is 0 Å². The van der Waals surface area contributed by atoms with Crippen molar-refractivity contribution in [2.24, 2.45) is 5.41 Å². The zero-order valence-corrected chi connectivity index (χ0v) is 11.0. The van der Waals surface area contributed by atoms with Crippen molar-refractivity contribution in [3.63, 3.8) is 0 Å². The lowest BCUT2D eigenvalue weighted by Crippen LogP contribution is -2.42. The first-order valence-electron chi connectivity index (χ1n) is 6.20. The van der Waals surface area contributed by atoms with Crippen LogP contribution in [0.25, 0.3) is 0 Å². The zero-order valence-electron chi connectivity index (χ0n) is 11.0. The van der Waals surface area contributed by atoms with E-state index >= 15 is 0 Å². The van der Waals surface area contributed by atoms with E-state index in [0.717, 1.165) is 26.1 Å². The highest BCUT2D eigenvalue weighted by atomic mass is 16.3. The number of rotatable bonds is 10. The molecule has 0 rings (SSSR count). The van der Waals surface area contributed by atoms with Gasteiger partial charge < -0.3 is 15.5 Å². The van der Waals surface area contributed by atoms with Gasteiger partial charge in [0, 0.05) is 26.2 Å². The number of hydrogen-bond acceptors (Lipinski definition) is 4. The molecular weight excluding hydrogens is 204 g/mol. The first-order valence-corrected chi connectivity index (χ1v) is 6.20. The Morgan fingerprint density at radius 3 is 2.12 bits per heavy atom. The molecule has 98 valence electrons. The molecule has 0 bridgehead atoms. The molecular formula is C12H28N2O2. The van der Waals surface area contributed by atoms with Crippen LogP contribution in [0.2, 0.25) is 0 Å². The Morgan fingerprint density at radius 2 is 1.69 bits per heavy atom. The summed E-state index contributed by atoms with van der Waals surface area (Å²) >= 11 is 0. The lowest BCUT2D eigenvalue weighted by atomic mass is 9.92. The summed E-state index contributed by atoms with van der Waals surface area (Å²) in [7, 11) is 0. The minimum Gasteiger partial charge on any atom is -0.395 e. The van der Waals surface area contributed by atoms with Crippen molar-refractivity contribution >= 4 is 0 Å². The SMILES string of the molecule is CCCNCC(C)(C)CN(CCO)CCO. The first kappa shape index (κ1) is 15.8. The molecule has 0 aromatic heterocycles. The Labute approximate surface area is 99.7 Å². The molecule has 3 N–H and O–H groups in total. The first-order chi connectivity index (χ1) is 7.55. The maximum atomic E-state index is 8.94. The van der Waals surface area contributed by atoms with Gasteiger partial charge in [-0.05, 0) is 18.4 Å². The lowest BCUT2D eigenvalue weighted by molar-refractivity contribution is 0.119. The molecule has 0 fully saturated rings. The van der Waals surface area contributed by atoms with Crippen LogP contribution in [0, 0.1) is 5.41 Å². The Hall–Kier alpha value is -0.160. The van der Waals surface area contributed by atoms with E-state index < -0.39 is 0 Å². The van der Waals surface area contributed by atoms with Gasteiger partial charge in [-0.2, -0.15) is 0 Å². The molecule has 0 radical (unpaired) electrons. The van der Waals surface area contributed by atoms with E-state index in [1.165, 1.54) is 0 Å². The average molecular weight is 232 g/mol. The smallest absolute Gasteiger partial charge is 0.0558 e. The molecule has 4 nitrogen and oxygen atoms in total. The average Bonchev–Trinajstić information content (AvgIpc) is 2.18. The summed E-state index contributed by atoms with van der Waals surface area (Å²) in [4.78, 5) is 2.10. The van der Waals surface area contributed by atoms with E-state index in [4.69, 9.17) is 10.2 Å². The Balaban J connectivity index is 3.96. The minimum absolute atomic E-state index is 0.151. The molecule has 0 saturated carbocycles. The Kier molecular flexibility index (Phi) is 8.84. The summed E-state index contributed by atoms with van der Waals surface area (Å²) in [5.74, 6) is 0. The van der Waals surface area contributed by atoms with Crippen LogP contribution in [0.5, 0.6) is 0 Å². The van der Waals surface area contributed by atoms with Gasteiger partial charge in [-0.25, -0.2) is 0 Å². The third kappa shape index (κ3) is 8.05. The van der Waals surface area contributed by atoms with Crippen molar-refractivity contribution in [2.45, 2.75) is 27.2 Å². The van der Waals surface area contributed by atoms with Crippen molar-refractivity contribution in [1.29, 1.82) is 0 Å². The zero-order chi connectivity index (χ0) is 12.4. The molecule has 4 heteroatoms. The second-order valence-electron chi connectivity index (χ2n) is 5.06. The minimum atomic E-state index is 0.151. The predicted octanol–water partition coefficient (Wildman–Crippen LogP) is 0.299. The summed E-state index contributed by atoms with van der Waals surface area (Å²) in [6.07, 6.45) is 1.15. The van der Waals surface area contributed by atoms with Crippen LogP contribution in [0.4, 0.5) is 0 Å². The number of nitrogens with one attached hydrogen (secondary N) is 1. The topological polar surface area (TPSA) is 55.7 Å². The molecule has 0 spiro atoms. The van der Waals surface area contributed by atoms with Crippen LogP contribution in [0.3, 0.4) is 0 Å². The Morgan fingerprint density at radius 1 is 1.12 bits per heavy atom. The number of aliphatic hydroxyl groups is 2. The molecule has 0 aliphatic carbocycles. The molecule has 16 heavy (non-hydrogen) atoms. The largest absolute Gasteiger partial charge is 0.395 e. The number of nitrogens with zero attached hydrogens (tertiary/aromatic N) is 1. The summed E-state index contributed by atoms with van der Waals surface area (Å²) in [5, 5.41) is 21.3. The highest BCUT2D eigenvalue weighted by Crippen LogP contribution is 2.15. The molecule has 0 amide bonds. The summed E-state index contributed by atoms with van der Waals surface area (Å²) in [6, 6.07) is 0. The number of hydrogen-bond donors (Lipinski definition) is 3. The monoisotopic (exact) mass is 232 g/mol. The summed E-state index contributed by atoms with van der Waals surface area (Å²) < 4.78 is 0. The van der Waals surface area contributed by atoms with Crippen molar-refractivity contribution in [3.05, 3.63) is 0 Å². The maximum Gasteiger partial charge on any atom is 0.0558 e. The fourth-order valence-corrected chi connectivity index (χ4v) is 1.82. The van der Waals surface area contributed by atoms with Crippen LogP contribution < -0.4 is 5.32 Å². The fraction of sp³-hybridized carbons (Fsp3) is 1.00. The van der Waals surface area contributed by atoms with Gasteiger partial charge in [-0.1, -0.05) is 20.8 Å². The van der Waals surface area contributed by atoms with E-state index in [1.807, 2.05) is 0 Å². The van der Waals surface area contributed by atoms with Crippen molar-refractivity contribution in [1.82, 2.24) is 10.2 Å². The molecule has 0 aromatic rings. The van der Waals surface area contributed by atoms with Crippen LogP contribution in [0.15, 0.2) is 0 Å². The second kappa shape index (κ2) is 8.93. The van der Waals surface area contributed by atoms with Crippen molar-refractivity contribution in [3.8, 4) is 0 Å². The molecule has 0 unspecified atom stereocenters. The maximum absolute atomic E-state index is 8.94. The van der Waals surface area contributed by atoms with Gasteiger partial charge in [0.05, 0.1) is 13.2 Å². The van der Waals surface area contributed by atoms with E-state index in [9.17, 15) is 0 Å². The molecule has 0 atom stereocenters. The molecule has 0 heterocycles.